The largest absolute Gasteiger partial charge is 0.502 e. The van der Waals surface area contributed by atoms with Crippen LogP contribution < -0.4 is 4.74 Å². The van der Waals surface area contributed by atoms with Gasteiger partial charge in [0.05, 0.1) is 24.6 Å². The topological polar surface area (TPSA) is 83.9 Å². The standard InChI is InChI=1S/C25H22FNO5S/c1-16-7-13-20(14-8-16)33(30,31)24-22(17-9-11-19(26)12-10-17)27(25(29)23(24)28)15-18-5-3-4-6-21(18)32-2/h3-14,22,28H,15H2,1-2H3/t22-/m1/s1. The Morgan fingerprint density at radius 1 is 1.00 bits per heavy atom. The highest BCUT2D eigenvalue weighted by molar-refractivity contribution is 7.95. The number of aliphatic hydroxyl groups excluding tert-OH is 1. The molecular formula is C25H22FNO5S. The summed E-state index contributed by atoms with van der Waals surface area (Å²) in [5.74, 6) is -1.67. The van der Waals surface area contributed by atoms with Gasteiger partial charge in [-0.05, 0) is 42.8 Å². The van der Waals surface area contributed by atoms with Crippen molar-refractivity contribution in [3.63, 3.8) is 0 Å². The summed E-state index contributed by atoms with van der Waals surface area (Å²) in [6.07, 6.45) is 0. The molecule has 0 unspecified atom stereocenters. The van der Waals surface area contributed by atoms with Gasteiger partial charge < -0.3 is 14.7 Å². The molecule has 3 aromatic rings. The van der Waals surface area contributed by atoms with E-state index in [1.807, 2.05) is 6.92 Å². The van der Waals surface area contributed by atoms with Crippen molar-refractivity contribution in [1.82, 2.24) is 4.90 Å². The number of hydrogen-bond donors (Lipinski definition) is 1. The number of aryl methyl sites for hydroxylation is 1. The average Bonchev–Trinajstić information content (AvgIpc) is 3.06. The zero-order valence-corrected chi connectivity index (χ0v) is 18.8. The van der Waals surface area contributed by atoms with Crippen molar-refractivity contribution < 1.29 is 27.4 Å². The third-order valence-corrected chi connectivity index (χ3v) is 7.49. The number of para-hydroxylation sites is 1. The first-order chi connectivity index (χ1) is 15.7. The first kappa shape index (κ1) is 22.5. The molecular weight excluding hydrogens is 445 g/mol. The highest BCUT2D eigenvalue weighted by Gasteiger charge is 2.47. The second-order valence-corrected chi connectivity index (χ2v) is 9.65. The summed E-state index contributed by atoms with van der Waals surface area (Å²) in [7, 11) is -2.75. The van der Waals surface area contributed by atoms with Gasteiger partial charge in [0.15, 0.2) is 5.76 Å². The number of halogens is 1. The molecule has 0 radical (unpaired) electrons. The number of nitrogens with zero attached hydrogens (tertiary/aromatic N) is 1. The van der Waals surface area contributed by atoms with E-state index >= 15 is 0 Å². The Morgan fingerprint density at radius 3 is 2.27 bits per heavy atom. The number of benzene rings is 3. The summed E-state index contributed by atoms with van der Waals surface area (Å²) in [5.41, 5.74) is 1.85. The van der Waals surface area contributed by atoms with E-state index in [1.165, 1.54) is 48.4 Å². The van der Waals surface area contributed by atoms with Gasteiger partial charge in [0, 0.05) is 5.56 Å². The van der Waals surface area contributed by atoms with E-state index in [1.54, 1.807) is 36.4 Å². The zero-order valence-electron chi connectivity index (χ0n) is 18.0. The molecule has 1 aliphatic rings. The van der Waals surface area contributed by atoms with Crippen LogP contribution in [-0.2, 0) is 21.2 Å². The van der Waals surface area contributed by atoms with E-state index in [-0.39, 0.29) is 11.4 Å². The van der Waals surface area contributed by atoms with Crippen LogP contribution in [0.5, 0.6) is 5.75 Å². The average molecular weight is 468 g/mol. The molecule has 1 N–H and O–H groups in total. The molecule has 6 nitrogen and oxygen atoms in total. The van der Waals surface area contributed by atoms with Crippen molar-refractivity contribution in [2.45, 2.75) is 24.4 Å². The van der Waals surface area contributed by atoms with Gasteiger partial charge in [-0.15, -0.1) is 0 Å². The van der Waals surface area contributed by atoms with Crippen LogP contribution in [0.1, 0.15) is 22.7 Å². The number of amides is 1. The molecule has 0 aliphatic carbocycles. The molecule has 1 amide bonds. The fourth-order valence-electron chi connectivity index (χ4n) is 3.90. The lowest BCUT2D eigenvalue weighted by atomic mass is 10.1. The van der Waals surface area contributed by atoms with Crippen LogP contribution in [0.25, 0.3) is 0 Å². The summed E-state index contributed by atoms with van der Waals surface area (Å²) in [6, 6.07) is 17.2. The summed E-state index contributed by atoms with van der Waals surface area (Å²) < 4.78 is 46.1. The maximum absolute atomic E-state index is 13.6. The quantitative estimate of drug-likeness (QED) is 0.578. The molecule has 1 aliphatic heterocycles. The lowest BCUT2D eigenvalue weighted by Crippen LogP contribution is -2.31. The lowest BCUT2D eigenvalue weighted by molar-refractivity contribution is -0.130. The van der Waals surface area contributed by atoms with E-state index in [0.29, 0.717) is 16.9 Å². The molecule has 0 aromatic heterocycles. The van der Waals surface area contributed by atoms with Gasteiger partial charge in [-0.2, -0.15) is 0 Å². The number of ether oxygens (including phenoxy) is 1. The van der Waals surface area contributed by atoms with Crippen molar-refractivity contribution in [3.05, 3.63) is 106 Å². The van der Waals surface area contributed by atoms with E-state index in [0.717, 1.165) is 5.56 Å². The second-order valence-electron chi connectivity index (χ2n) is 7.73. The van der Waals surface area contributed by atoms with Crippen molar-refractivity contribution in [2.24, 2.45) is 0 Å². The molecule has 1 heterocycles. The molecule has 1 atom stereocenters. The van der Waals surface area contributed by atoms with Crippen molar-refractivity contribution >= 4 is 15.7 Å². The molecule has 8 heteroatoms. The maximum atomic E-state index is 13.6. The normalized spacial score (nSPS) is 16.4. The van der Waals surface area contributed by atoms with Gasteiger partial charge in [-0.3, -0.25) is 4.79 Å². The summed E-state index contributed by atoms with van der Waals surface area (Å²) >= 11 is 0. The molecule has 0 spiro atoms. The Hall–Kier alpha value is -3.65. The fourth-order valence-corrected chi connectivity index (χ4v) is 5.55. The minimum Gasteiger partial charge on any atom is -0.502 e. The maximum Gasteiger partial charge on any atom is 0.290 e. The van der Waals surface area contributed by atoms with Crippen molar-refractivity contribution in [2.75, 3.05) is 7.11 Å². The monoisotopic (exact) mass is 467 g/mol. The molecule has 170 valence electrons. The lowest BCUT2D eigenvalue weighted by Gasteiger charge is -2.27. The van der Waals surface area contributed by atoms with Crippen LogP contribution in [0.4, 0.5) is 4.39 Å². The summed E-state index contributed by atoms with van der Waals surface area (Å²) in [4.78, 5) is 13.9. The van der Waals surface area contributed by atoms with Crippen LogP contribution in [0, 0.1) is 12.7 Å². The molecule has 0 bridgehead atoms. The number of hydrogen-bond acceptors (Lipinski definition) is 5. The van der Waals surface area contributed by atoms with Crippen molar-refractivity contribution in [1.29, 1.82) is 0 Å². The molecule has 0 saturated carbocycles. The molecule has 3 aromatic carbocycles. The van der Waals surface area contributed by atoms with Crippen LogP contribution >= 0.6 is 0 Å². The number of carbonyl (C=O) groups excluding carboxylic acids is 1. The Labute approximate surface area is 191 Å². The van der Waals surface area contributed by atoms with Crippen LogP contribution in [0.2, 0.25) is 0 Å². The Balaban J connectivity index is 1.86. The second kappa shape index (κ2) is 8.71. The van der Waals surface area contributed by atoms with Crippen LogP contribution in [0.3, 0.4) is 0 Å². The molecule has 0 fully saturated rings. The summed E-state index contributed by atoms with van der Waals surface area (Å²) in [5, 5.41) is 10.8. The number of rotatable bonds is 6. The predicted octanol–water partition coefficient (Wildman–Crippen LogP) is 4.47. The highest BCUT2D eigenvalue weighted by atomic mass is 32.2. The van der Waals surface area contributed by atoms with Gasteiger partial charge >= 0.3 is 0 Å². The first-order valence-corrected chi connectivity index (χ1v) is 11.7. The number of carbonyl (C=O) groups is 1. The Bertz CT molecular complexity index is 1330. The van der Waals surface area contributed by atoms with Crippen LogP contribution in [-0.4, -0.2) is 31.4 Å². The third kappa shape index (κ3) is 4.09. The number of aliphatic hydroxyl groups is 1. The SMILES string of the molecule is COc1ccccc1CN1C(=O)C(O)=C(S(=O)(=O)c2ccc(C)cc2)[C@H]1c1ccc(F)cc1. The first-order valence-electron chi connectivity index (χ1n) is 10.2. The minimum atomic E-state index is -4.24. The van der Waals surface area contributed by atoms with Gasteiger partial charge in [-0.1, -0.05) is 48.0 Å². The highest BCUT2D eigenvalue weighted by Crippen LogP contribution is 2.43. The minimum absolute atomic E-state index is 0.0259. The summed E-state index contributed by atoms with van der Waals surface area (Å²) in [6.45, 7) is 1.80. The van der Waals surface area contributed by atoms with E-state index < -0.39 is 38.3 Å². The van der Waals surface area contributed by atoms with Crippen molar-refractivity contribution in [3.8, 4) is 5.75 Å². The molecule has 0 saturated heterocycles. The van der Waals surface area contributed by atoms with Gasteiger partial charge in [0.25, 0.3) is 5.91 Å². The number of methoxy groups -OCH3 is 1. The van der Waals surface area contributed by atoms with Gasteiger partial charge in [0.1, 0.15) is 16.5 Å². The molecule has 4 rings (SSSR count). The smallest absolute Gasteiger partial charge is 0.290 e. The van der Waals surface area contributed by atoms with E-state index in [9.17, 15) is 22.7 Å². The number of sulfone groups is 1. The zero-order chi connectivity index (χ0) is 23.8. The predicted molar refractivity (Wildman–Crippen MR) is 121 cm³/mol. The Morgan fingerprint density at radius 2 is 1.64 bits per heavy atom. The third-order valence-electron chi connectivity index (χ3n) is 5.60. The van der Waals surface area contributed by atoms with Gasteiger partial charge in [0.2, 0.25) is 9.84 Å². The molecule has 33 heavy (non-hydrogen) atoms. The van der Waals surface area contributed by atoms with E-state index in [4.69, 9.17) is 4.74 Å². The fraction of sp³-hybridized carbons (Fsp3) is 0.160. The Kier molecular flexibility index (Phi) is 5.95. The van der Waals surface area contributed by atoms with E-state index in [2.05, 4.69) is 0 Å². The van der Waals surface area contributed by atoms with Crippen LogP contribution in [0.15, 0.2) is 88.4 Å². The van der Waals surface area contributed by atoms with Gasteiger partial charge in [-0.25, -0.2) is 12.8 Å².